The van der Waals surface area contributed by atoms with Crippen LogP contribution in [0.15, 0.2) is 12.2 Å². The molecular weight excluding hydrogens is 176 g/mol. The van der Waals surface area contributed by atoms with E-state index >= 15 is 0 Å². The van der Waals surface area contributed by atoms with Gasteiger partial charge in [-0.1, -0.05) is 6.92 Å². The van der Waals surface area contributed by atoms with Crippen LogP contribution in [0.5, 0.6) is 0 Å². The second kappa shape index (κ2) is 6.19. The summed E-state index contributed by atoms with van der Waals surface area (Å²) >= 11 is 0. The van der Waals surface area contributed by atoms with Gasteiger partial charge in [-0.25, -0.2) is 9.59 Å². The van der Waals surface area contributed by atoms with Crippen LogP contribution >= 0.6 is 0 Å². The summed E-state index contributed by atoms with van der Waals surface area (Å²) in [5.74, 6) is -1.97. The SMILES string of the molecule is CCC(CO)OC(=O)C=CC(=O)O. The van der Waals surface area contributed by atoms with E-state index in [-0.39, 0.29) is 6.61 Å². The van der Waals surface area contributed by atoms with E-state index in [1.807, 2.05) is 0 Å². The van der Waals surface area contributed by atoms with Gasteiger partial charge in [0.15, 0.2) is 0 Å². The number of carboxylic acids is 1. The molecule has 0 rings (SSSR count). The lowest BCUT2D eigenvalue weighted by Crippen LogP contribution is -2.19. The summed E-state index contributed by atoms with van der Waals surface area (Å²) in [4.78, 5) is 20.8. The van der Waals surface area contributed by atoms with Gasteiger partial charge in [0.05, 0.1) is 6.61 Å². The van der Waals surface area contributed by atoms with E-state index in [1.165, 1.54) is 0 Å². The molecule has 5 heteroatoms. The highest BCUT2D eigenvalue weighted by atomic mass is 16.5. The number of carboxylic acid groups (broad SMARTS) is 1. The molecule has 0 radical (unpaired) electrons. The fourth-order valence-corrected chi connectivity index (χ4v) is 0.593. The van der Waals surface area contributed by atoms with Crippen molar-refractivity contribution >= 4 is 11.9 Å². The first-order valence-electron chi connectivity index (χ1n) is 3.82. The maximum absolute atomic E-state index is 10.8. The van der Waals surface area contributed by atoms with E-state index in [4.69, 9.17) is 10.2 Å². The summed E-state index contributed by atoms with van der Waals surface area (Å²) in [6.45, 7) is 1.48. The number of ether oxygens (including phenoxy) is 1. The van der Waals surface area contributed by atoms with Gasteiger partial charge in [0.25, 0.3) is 0 Å². The highest BCUT2D eigenvalue weighted by Crippen LogP contribution is 1.97. The first kappa shape index (κ1) is 11.6. The third-order valence-corrected chi connectivity index (χ3v) is 1.30. The van der Waals surface area contributed by atoms with Gasteiger partial charge in [-0.05, 0) is 6.42 Å². The summed E-state index contributed by atoms with van der Waals surface area (Å²) < 4.78 is 4.66. The predicted octanol–water partition coefficient (Wildman–Crippen LogP) is -0.0587. The topological polar surface area (TPSA) is 83.8 Å². The Bertz CT molecular complexity index is 205. The number of esters is 1. The maximum atomic E-state index is 10.8. The zero-order valence-corrected chi connectivity index (χ0v) is 7.27. The number of aliphatic hydroxyl groups excluding tert-OH is 1. The molecule has 0 saturated heterocycles. The van der Waals surface area contributed by atoms with Gasteiger partial charge in [-0.3, -0.25) is 0 Å². The van der Waals surface area contributed by atoms with E-state index < -0.39 is 18.0 Å². The molecule has 0 aromatic heterocycles. The first-order chi connectivity index (χ1) is 6.10. The lowest BCUT2D eigenvalue weighted by Gasteiger charge is -2.10. The largest absolute Gasteiger partial charge is 0.478 e. The molecule has 1 atom stereocenters. The molecule has 1 unspecified atom stereocenters. The number of rotatable bonds is 5. The van der Waals surface area contributed by atoms with Crippen LogP contribution in [0, 0.1) is 0 Å². The van der Waals surface area contributed by atoms with Crippen molar-refractivity contribution in [2.45, 2.75) is 19.4 Å². The predicted molar refractivity (Wildman–Crippen MR) is 44.0 cm³/mol. The van der Waals surface area contributed by atoms with Gasteiger partial charge in [0.1, 0.15) is 6.10 Å². The fourth-order valence-electron chi connectivity index (χ4n) is 0.593. The molecule has 5 nitrogen and oxygen atoms in total. The lowest BCUT2D eigenvalue weighted by molar-refractivity contribution is -0.145. The van der Waals surface area contributed by atoms with Crippen molar-refractivity contribution in [1.29, 1.82) is 0 Å². The minimum atomic E-state index is -1.21. The van der Waals surface area contributed by atoms with Crippen molar-refractivity contribution < 1.29 is 24.5 Å². The zero-order chi connectivity index (χ0) is 10.3. The zero-order valence-electron chi connectivity index (χ0n) is 7.27. The molecule has 0 aliphatic heterocycles. The number of hydrogen-bond donors (Lipinski definition) is 2. The van der Waals surface area contributed by atoms with E-state index in [0.29, 0.717) is 12.5 Å². The molecule has 0 aromatic carbocycles. The van der Waals surface area contributed by atoms with Crippen LogP contribution in [0.3, 0.4) is 0 Å². The molecule has 74 valence electrons. The molecular formula is C8H12O5. The number of aliphatic hydroxyl groups is 1. The maximum Gasteiger partial charge on any atom is 0.331 e. The second-order valence-electron chi connectivity index (χ2n) is 2.32. The Morgan fingerprint density at radius 3 is 2.46 bits per heavy atom. The Hall–Kier alpha value is -1.36. The average molecular weight is 188 g/mol. The van der Waals surface area contributed by atoms with Crippen molar-refractivity contribution in [2.24, 2.45) is 0 Å². The van der Waals surface area contributed by atoms with Crippen molar-refractivity contribution in [3.63, 3.8) is 0 Å². The van der Waals surface area contributed by atoms with Crippen molar-refractivity contribution in [2.75, 3.05) is 6.61 Å². The smallest absolute Gasteiger partial charge is 0.331 e. The van der Waals surface area contributed by atoms with Crippen molar-refractivity contribution in [3.05, 3.63) is 12.2 Å². The minimum absolute atomic E-state index is 0.261. The van der Waals surface area contributed by atoms with E-state index in [2.05, 4.69) is 4.74 Å². The van der Waals surface area contributed by atoms with Crippen LogP contribution in [-0.2, 0) is 14.3 Å². The lowest BCUT2D eigenvalue weighted by atomic mass is 10.3. The highest BCUT2D eigenvalue weighted by Gasteiger charge is 2.08. The Kier molecular flexibility index (Phi) is 5.54. The molecule has 0 aromatic rings. The summed E-state index contributed by atoms with van der Waals surface area (Å²) in [6.07, 6.45) is 1.42. The monoisotopic (exact) mass is 188 g/mol. The Balaban J connectivity index is 3.92. The van der Waals surface area contributed by atoms with Crippen LogP contribution < -0.4 is 0 Å². The summed E-state index contributed by atoms with van der Waals surface area (Å²) in [5.41, 5.74) is 0. The molecule has 0 spiro atoms. The molecule has 0 bridgehead atoms. The normalized spacial score (nSPS) is 12.8. The van der Waals surface area contributed by atoms with Crippen LogP contribution in [-0.4, -0.2) is 34.9 Å². The van der Waals surface area contributed by atoms with Crippen LogP contribution in [0.1, 0.15) is 13.3 Å². The molecule has 0 amide bonds. The fraction of sp³-hybridized carbons (Fsp3) is 0.500. The van der Waals surface area contributed by atoms with Crippen molar-refractivity contribution in [3.8, 4) is 0 Å². The number of hydrogen-bond acceptors (Lipinski definition) is 4. The molecule has 13 heavy (non-hydrogen) atoms. The van der Waals surface area contributed by atoms with Gasteiger partial charge in [0.2, 0.25) is 0 Å². The molecule has 0 aliphatic carbocycles. The standard InChI is InChI=1S/C8H12O5/c1-2-6(5-9)13-8(12)4-3-7(10)11/h3-4,6,9H,2,5H2,1H3,(H,10,11). The summed E-state index contributed by atoms with van der Waals surface area (Å²) in [5, 5.41) is 16.8. The molecule has 0 heterocycles. The van der Waals surface area contributed by atoms with E-state index in [0.717, 1.165) is 6.08 Å². The van der Waals surface area contributed by atoms with Gasteiger partial charge < -0.3 is 14.9 Å². The highest BCUT2D eigenvalue weighted by molar-refractivity contribution is 5.90. The number of carbonyl (C=O) groups excluding carboxylic acids is 1. The third kappa shape index (κ3) is 5.86. The van der Waals surface area contributed by atoms with Gasteiger partial charge in [0, 0.05) is 12.2 Å². The van der Waals surface area contributed by atoms with Crippen LogP contribution in [0.25, 0.3) is 0 Å². The minimum Gasteiger partial charge on any atom is -0.478 e. The molecule has 0 saturated carbocycles. The second-order valence-corrected chi connectivity index (χ2v) is 2.32. The summed E-state index contributed by atoms with van der Waals surface area (Å²) in [6, 6.07) is 0. The van der Waals surface area contributed by atoms with Crippen LogP contribution in [0.2, 0.25) is 0 Å². The van der Waals surface area contributed by atoms with Gasteiger partial charge >= 0.3 is 11.9 Å². The quantitative estimate of drug-likeness (QED) is 0.466. The average Bonchev–Trinajstić information content (AvgIpc) is 2.10. The van der Waals surface area contributed by atoms with Gasteiger partial charge in [-0.2, -0.15) is 0 Å². The van der Waals surface area contributed by atoms with Crippen molar-refractivity contribution in [1.82, 2.24) is 0 Å². The van der Waals surface area contributed by atoms with E-state index in [9.17, 15) is 9.59 Å². The van der Waals surface area contributed by atoms with Crippen LogP contribution in [0.4, 0.5) is 0 Å². The first-order valence-corrected chi connectivity index (χ1v) is 3.82. The van der Waals surface area contributed by atoms with Gasteiger partial charge in [-0.15, -0.1) is 0 Å². The molecule has 2 N–H and O–H groups in total. The Morgan fingerprint density at radius 1 is 1.46 bits per heavy atom. The number of aliphatic carboxylic acids is 1. The molecule has 0 fully saturated rings. The molecule has 0 aliphatic rings. The Labute approximate surface area is 75.6 Å². The third-order valence-electron chi connectivity index (χ3n) is 1.30. The summed E-state index contributed by atoms with van der Waals surface area (Å²) in [7, 11) is 0. The number of carbonyl (C=O) groups is 2. The Morgan fingerprint density at radius 2 is 2.08 bits per heavy atom. The van der Waals surface area contributed by atoms with E-state index in [1.54, 1.807) is 6.92 Å².